The highest BCUT2D eigenvalue weighted by atomic mass is 32.1. The minimum Gasteiger partial charge on any atom is -0.275 e. The van der Waals surface area contributed by atoms with Crippen LogP contribution in [0.3, 0.4) is 0 Å². The summed E-state index contributed by atoms with van der Waals surface area (Å²) in [5.41, 5.74) is 3.68. The van der Waals surface area contributed by atoms with Crippen LogP contribution in [0.4, 0.5) is 0 Å². The van der Waals surface area contributed by atoms with Crippen LogP contribution in [0.25, 0.3) is 38.4 Å². The average molecular weight is 302 g/mol. The van der Waals surface area contributed by atoms with Gasteiger partial charge in [0.2, 0.25) is 0 Å². The van der Waals surface area contributed by atoms with Crippen LogP contribution in [0.2, 0.25) is 0 Å². The van der Waals surface area contributed by atoms with E-state index in [1.165, 1.54) is 0 Å². The van der Waals surface area contributed by atoms with Crippen LogP contribution in [0.1, 0.15) is 0 Å². The third kappa shape index (κ3) is 1.54. The predicted octanol–water partition coefficient (Wildman–Crippen LogP) is 4.16. The van der Waals surface area contributed by atoms with Crippen LogP contribution in [-0.4, -0.2) is 19.4 Å². The monoisotopic (exact) mass is 302 g/mol. The fourth-order valence-electron chi connectivity index (χ4n) is 2.80. The zero-order chi connectivity index (χ0) is 14.5. The highest BCUT2D eigenvalue weighted by molar-refractivity contribution is 7.13. The summed E-state index contributed by atoms with van der Waals surface area (Å²) in [5, 5.41) is 3.03. The molecule has 5 heteroatoms. The SMILES string of the molecule is c1csc(-c2nc3ncccc3c3nc4ccccc4n23)c1. The molecule has 4 nitrogen and oxygen atoms in total. The van der Waals surface area contributed by atoms with Crippen molar-refractivity contribution in [3.63, 3.8) is 0 Å². The Labute approximate surface area is 129 Å². The minimum absolute atomic E-state index is 0.730. The highest BCUT2D eigenvalue weighted by Crippen LogP contribution is 2.30. The molecule has 4 aromatic heterocycles. The van der Waals surface area contributed by atoms with E-state index in [1.807, 2.05) is 36.4 Å². The lowest BCUT2D eigenvalue weighted by Crippen LogP contribution is -1.97. The normalized spacial score (nSPS) is 11.6. The van der Waals surface area contributed by atoms with E-state index in [0.29, 0.717) is 0 Å². The summed E-state index contributed by atoms with van der Waals surface area (Å²) < 4.78 is 2.13. The maximum Gasteiger partial charge on any atom is 0.165 e. The van der Waals surface area contributed by atoms with Gasteiger partial charge in [0.15, 0.2) is 17.1 Å². The molecule has 0 N–H and O–H groups in total. The summed E-state index contributed by atoms with van der Waals surface area (Å²) >= 11 is 1.67. The lowest BCUT2D eigenvalue weighted by atomic mass is 10.3. The molecule has 104 valence electrons. The number of fused-ring (bicyclic) bond motifs is 5. The maximum atomic E-state index is 4.80. The van der Waals surface area contributed by atoms with Gasteiger partial charge in [0.25, 0.3) is 0 Å². The number of nitrogens with zero attached hydrogens (tertiary/aromatic N) is 4. The van der Waals surface area contributed by atoms with Gasteiger partial charge < -0.3 is 0 Å². The first kappa shape index (κ1) is 11.8. The van der Waals surface area contributed by atoms with Crippen LogP contribution in [0.5, 0.6) is 0 Å². The molecule has 0 spiro atoms. The number of thiophene rings is 1. The number of imidazole rings is 1. The van der Waals surface area contributed by atoms with Crippen molar-refractivity contribution in [2.45, 2.75) is 0 Å². The van der Waals surface area contributed by atoms with Gasteiger partial charge in [0.1, 0.15) is 0 Å². The Morgan fingerprint density at radius 1 is 0.909 bits per heavy atom. The number of hydrogen-bond acceptors (Lipinski definition) is 4. The van der Waals surface area contributed by atoms with Crippen LogP contribution in [-0.2, 0) is 0 Å². The average Bonchev–Trinajstić information content (AvgIpc) is 3.22. The van der Waals surface area contributed by atoms with Gasteiger partial charge in [-0.1, -0.05) is 18.2 Å². The van der Waals surface area contributed by atoms with Crippen LogP contribution in [0, 0.1) is 0 Å². The van der Waals surface area contributed by atoms with Gasteiger partial charge in [-0.15, -0.1) is 11.3 Å². The second-order valence-electron chi connectivity index (χ2n) is 5.05. The van der Waals surface area contributed by atoms with Crippen molar-refractivity contribution in [3.8, 4) is 10.7 Å². The molecule has 22 heavy (non-hydrogen) atoms. The fourth-order valence-corrected chi connectivity index (χ4v) is 3.51. The van der Waals surface area contributed by atoms with Crippen molar-refractivity contribution in [1.82, 2.24) is 19.4 Å². The van der Waals surface area contributed by atoms with E-state index in [1.54, 1.807) is 17.5 Å². The molecule has 5 aromatic rings. The fraction of sp³-hybridized carbons (Fsp3) is 0. The van der Waals surface area contributed by atoms with Gasteiger partial charge >= 0.3 is 0 Å². The van der Waals surface area contributed by atoms with Crippen molar-refractivity contribution < 1.29 is 0 Å². The summed E-state index contributed by atoms with van der Waals surface area (Å²) in [5.74, 6) is 0.893. The summed E-state index contributed by atoms with van der Waals surface area (Å²) in [4.78, 5) is 15.1. The van der Waals surface area contributed by atoms with Crippen molar-refractivity contribution in [2.75, 3.05) is 0 Å². The molecular formula is C17H10N4S. The summed E-state index contributed by atoms with van der Waals surface area (Å²) in [6.07, 6.45) is 1.77. The molecule has 0 saturated heterocycles. The van der Waals surface area contributed by atoms with E-state index in [-0.39, 0.29) is 0 Å². The van der Waals surface area contributed by atoms with Gasteiger partial charge in [0.05, 0.1) is 21.3 Å². The number of pyridine rings is 1. The summed E-state index contributed by atoms with van der Waals surface area (Å²) in [7, 11) is 0. The largest absolute Gasteiger partial charge is 0.275 e. The third-order valence-corrected chi connectivity index (χ3v) is 4.62. The Kier molecular flexibility index (Phi) is 2.34. The molecule has 0 atom stereocenters. The first-order chi connectivity index (χ1) is 10.9. The van der Waals surface area contributed by atoms with Crippen LogP contribution < -0.4 is 0 Å². The molecule has 0 aliphatic carbocycles. The number of rotatable bonds is 1. The smallest absolute Gasteiger partial charge is 0.165 e. The Bertz CT molecular complexity index is 1130. The zero-order valence-electron chi connectivity index (χ0n) is 11.5. The van der Waals surface area contributed by atoms with E-state index < -0.39 is 0 Å². The number of para-hydroxylation sites is 2. The van der Waals surface area contributed by atoms with Crippen molar-refractivity contribution in [3.05, 3.63) is 60.1 Å². The summed E-state index contributed by atoms with van der Waals surface area (Å²) in [6, 6.07) is 16.2. The molecule has 1 aromatic carbocycles. The standard InChI is InChI=1S/C17H10N4S/c1-2-7-13-12(6-1)19-16-11-5-3-9-18-15(11)20-17(21(13)16)14-8-4-10-22-14/h1-10H. The minimum atomic E-state index is 0.730. The lowest BCUT2D eigenvalue weighted by Gasteiger charge is -2.06. The highest BCUT2D eigenvalue weighted by Gasteiger charge is 2.15. The molecule has 0 radical (unpaired) electrons. The van der Waals surface area contributed by atoms with Gasteiger partial charge in [-0.25, -0.2) is 15.0 Å². The Morgan fingerprint density at radius 3 is 2.77 bits per heavy atom. The molecule has 4 heterocycles. The van der Waals surface area contributed by atoms with Gasteiger partial charge in [-0.2, -0.15) is 0 Å². The Morgan fingerprint density at radius 2 is 1.86 bits per heavy atom. The van der Waals surface area contributed by atoms with E-state index in [2.05, 4.69) is 26.9 Å². The van der Waals surface area contributed by atoms with Crippen LogP contribution >= 0.6 is 11.3 Å². The van der Waals surface area contributed by atoms with Crippen molar-refractivity contribution >= 4 is 39.1 Å². The molecule has 0 amide bonds. The quantitative estimate of drug-likeness (QED) is 0.467. The second-order valence-corrected chi connectivity index (χ2v) is 5.99. The maximum absolute atomic E-state index is 4.80. The second kappa shape index (κ2) is 4.35. The van der Waals surface area contributed by atoms with E-state index in [9.17, 15) is 0 Å². The van der Waals surface area contributed by atoms with Crippen molar-refractivity contribution in [2.24, 2.45) is 0 Å². The molecular weight excluding hydrogens is 292 g/mol. The van der Waals surface area contributed by atoms with Crippen molar-refractivity contribution in [1.29, 1.82) is 0 Å². The zero-order valence-corrected chi connectivity index (χ0v) is 12.3. The first-order valence-corrected chi connectivity index (χ1v) is 7.85. The molecule has 0 fully saturated rings. The Hall–Kier alpha value is -2.79. The van der Waals surface area contributed by atoms with Crippen LogP contribution in [0.15, 0.2) is 60.1 Å². The Balaban J connectivity index is 2.09. The summed E-state index contributed by atoms with van der Waals surface area (Å²) in [6.45, 7) is 0. The molecule has 0 unspecified atom stereocenters. The topological polar surface area (TPSA) is 43.1 Å². The van der Waals surface area contributed by atoms with Gasteiger partial charge in [0, 0.05) is 6.20 Å². The number of aromatic nitrogens is 4. The van der Waals surface area contributed by atoms with E-state index >= 15 is 0 Å². The molecule has 0 aliphatic heterocycles. The number of hydrogen-bond donors (Lipinski definition) is 0. The number of benzene rings is 1. The molecule has 0 saturated carbocycles. The first-order valence-electron chi connectivity index (χ1n) is 6.97. The molecule has 5 rings (SSSR count). The van der Waals surface area contributed by atoms with E-state index in [0.717, 1.165) is 38.4 Å². The lowest BCUT2D eigenvalue weighted by molar-refractivity contribution is 1.15. The third-order valence-electron chi connectivity index (χ3n) is 3.75. The van der Waals surface area contributed by atoms with Gasteiger partial charge in [-0.3, -0.25) is 4.40 Å². The predicted molar refractivity (Wildman–Crippen MR) is 89.1 cm³/mol. The van der Waals surface area contributed by atoms with E-state index in [4.69, 9.17) is 9.97 Å². The van der Waals surface area contributed by atoms with Gasteiger partial charge in [-0.05, 0) is 35.7 Å². The molecule has 0 bridgehead atoms. The molecule has 0 aliphatic rings.